The lowest BCUT2D eigenvalue weighted by Crippen LogP contribution is -2.41. The number of aliphatic hydroxyl groups is 3. The third kappa shape index (κ3) is 5.25. The van der Waals surface area contributed by atoms with Gasteiger partial charge in [0.1, 0.15) is 29.6 Å². The molecule has 200 valence electrons. The number of likely N-dealkylation sites (tertiary alicyclic amines) is 1. The van der Waals surface area contributed by atoms with Crippen molar-refractivity contribution in [3.63, 3.8) is 0 Å². The molecule has 4 atom stereocenters. The van der Waals surface area contributed by atoms with Gasteiger partial charge in [0, 0.05) is 25.2 Å². The summed E-state index contributed by atoms with van der Waals surface area (Å²) in [5, 5.41) is 32.6. The Morgan fingerprint density at radius 1 is 1.18 bits per heavy atom. The summed E-state index contributed by atoms with van der Waals surface area (Å²) in [7, 11) is 0. The van der Waals surface area contributed by atoms with Crippen molar-refractivity contribution in [2.24, 2.45) is 5.92 Å². The third-order valence-corrected chi connectivity index (χ3v) is 6.83. The number of anilines is 2. The van der Waals surface area contributed by atoms with Crippen molar-refractivity contribution in [2.75, 3.05) is 30.7 Å². The van der Waals surface area contributed by atoms with Crippen LogP contribution in [0.2, 0.25) is 0 Å². The predicted molar refractivity (Wildman–Crippen MR) is 134 cm³/mol. The van der Waals surface area contributed by atoms with Crippen molar-refractivity contribution in [2.45, 2.75) is 43.8 Å². The molecule has 2 aromatic heterocycles. The first kappa shape index (κ1) is 25.8. The number of nitrogens with two attached hydrogens (primary N) is 1. The molecule has 0 bridgehead atoms. The van der Waals surface area contributed by atoms with Crippen LogP contribution in [0.1, 0.15) is 31.3 Å². The molecule has 0 saturated carbocycles. The largest absolute Gasteiger partial charge is 0.394 e. The minimum atomic E-state index is -1.29. The molecule has 1 aromatic carbocycles. The van der Waals surface area contributed by atoms with E-state index >= 15 is 0 Å². The normalized spacial score (nSPS) is 23.8. The van der Waals surface area contributed by atoms with E-state index < -0.39 is 31.1 Å². The van der Waals surface area contributed by atoms with Crippen LogP contribution in [0.5, 0.6) is 0 Å². The number of halogens is 1. The lowest BCUT2D eigenvalue weighted by atomic mass is 9.94. The summed E-state index contributed by atoms with van der Waals surface area (Å²) in [6.45, 7) is 0.712. The number of benzene rings is 1. The van der Waals surface area contributed by atoms with Gasteiger partial charge in [-0.05, 0) is 48.9 Å². The van der Waals surface area contributed by atoms with Gasteiger partial charge in [-0.2, -0.15) is 0 Å². The molecule has 4 heterocycles. The number of nitrogens with zero attached hydrogens (tertiary/aromatic N) is 5. The Morgan fingerprint density at radius 2 is 1.92 bits per heavy atom. The Kier molecular flexibility index (Phi) is 7.39. The Hall–Kier alpha value is -3.83. The highest BCUT2D eigenvalue weighted by molar-refractivity contribution is 5.89. The number of aromatic nitrogens is 4. The van der Waals surface area contributed by atoms with Crippen LogP contribution in [-0.4, -0.2) is 83.8 Å². The second kappa shape index (κ2) is 10.9. The van der Waals surface area contributed by atoms with Gasteiger partial charge in [-0.15, -0.1) is 0 Å². The quantitative estimate of drug-likeness (QED) is 0.310. The zero-order valence-electron chi connectivity index (χ0n) is 20.4. The Bertz CT molecular complexity index is 1360. The first-order chi connectivity index (χ1) is 18.3. The maximum atomic E-state index is 13.1. The van der Waals surface area contributed by atoms with Crippen LogP contribution >= 0.6 is 0 Å². The predicted octanol–water partition coefficient (Wildman–Crippen LogP) is 0.845. The molecule has 0 radical (unpaired) electrons. The van der Waals surface area contributed by atoms with E-state index in [1.807, 2.05) is 0 Å². The minimum Gasteiger partial charge on any atom is -0.394 e. The van der Waals surface area contributed by atoms with Crippen LogP contribution in [0.3, 0.4) is 0 Å². The second-order valence-electron chi connectivity index (χ2n) is 9.36. The van der Waals surface area contributed by atoms with Crippen molar-refractivity contribution in [3.05, 3.63) is 42.2 Å². The van der Waals surface area contributed by atoms with Crippen molar-refractivity contribution in [1.29, 1.82) is 0 Å². The Balaban J connectivity index is 1.20. The van der Waals surface area contributed by atoms with Gasteiger partial charge < -0.3 is 36.0 Å². The van der Waals surface area contributed by atoms with Gasteiger partial charge in [-0.3, -0.25) is 4.57 Å². The lowest BCUT2D eigenvalue weighted by Gasteiger charge is -2.31. The van der Waals surface area contributed by atoms with E-state index in [1.54, 1.807) is 4.90 Å². The van der Waals surface area contributed by atoms with Gasteiger partial charge in [0.25, 0.3) is 0 Å². The van der Waals surface area contributed by atoms with Crippen molar-refractivity contribution >= 4 is 28.7 Å². The number of carbonyl (C=O) groups is 1. The van der Waals surface area contributed by atoms with E-state index in [4.69, 9.17) is 10.5 Å². The summed E-state index contributed by atoms with van der Waals surface area (Å²) >= 11 is 0. The SMILES string of the molecule is Nc1nc(C#CCC2CCN(C(=O)Nc3ccc(F)cc3)CC2)nc2c1ncn2[C@@H]1O[C@H](CO)C(O)[C@@H]1O. The number of ether oxygens (including phenoxy) is 1. The maximum Gasteiger partial charge on any atom is 0.321 e. The Morgan fingerprint density at radius 3 is 2.61 bits per heavy atom. The molecule has 2 aliphatic heterocycles. The topological polar surface area (TPSA) is 172 Å². The minimum absolute atomic E-state index is 0.116. The van der Waals surface area contributed by atoms with E-state index in [-0.39, 0.29) is 29.1 Å². The van der Waals surface area contributed by atoms with Gasteiger partial charge in [0.05, 0.1) is 12.9 Å². The second-order valence-corrected chi connectivity index (χ2v) is 9.36. The van der Waals surface area contributed by atoms with Crippen LogP contribution in [-0.2, 0) is 4.74 Å². The van der Waals surface area contributed by atoms with E-state index in [1.165, 1.54) is 35.2 Å². The number of urea groups is 1. The monoisotopic (exact) mass is 525 g/mol. The molecule has 12 nitrogen and oxygen atoms in total. The van der Waals surface area contributed by atoms with Crippen LogP contribution in [0.25, 0.3) is 11.2 Å². The zero-order chi connectivity index (χ0) is 26.8. The summed E-state index contributed by atoms with van der Waals surface area (Å²) in [4.78, 5) is 27.0. The third-order valence-electron chi connectivity index (χ3n) is 6.83. The number of hydrogen-bond donors (Lipinski definition) is 5. The molecule has 5 rings (SSSR count). The van der Waals surface area contributed by atoms with Gasteiger partial charge in [-0.1, -0.05) is 5.92 Å². The molecular weight excluding hydrogens is 497 g/mol. The number of nitrogens with one attached hydrogen (secondary N) is 1. The summed E-state index contributed by atoms with van der Waals surface area (Å²) in [5.41, 5.74) is 7.19. The highest BCUT2D eigenvalue weighted by Gasteiger charge is 2.44. The molecule has 2 amide bonds. The van der Waals surface area contributed by atoms with Crippen molar-refractivity contribution in [1.82, 2.24) is 24.4 Å². The molecule has 3 aromatic rings. The fraction of sp³-hybridized carbons (Fsp3) is 0.440. The van der Waals surface area contributed by atoms with E-state index in [0.29, 0.717) is 36.6 Å². The molecule has 0 aliphatic carbocycles. The fourth-order valence-corrected chi connectivity index (χ4v) is 4.64. The average molecular weight is 526 g/mol. The van der Waals surface area contributed by atoms with Crippen LogP contribution in [0, 0.1) is 23.6 Å². The summed E-state index contributed by atoms with van der Waals surface area (Å²) in [5.74, 6) is 6.26. The van der Waals surface area contributed by atoms with Crippen LogP contribution in [0.15, 0.2) is 30.6 Å². The van der Waals surface area contributed by atoms with Crippen LogP contribution < -0.4 is 11.1 Å². The van der Waals surface area contributed by atoms with Crippen molar-refractivity contribution < 1.29 is 29.2 Å². The van der Waals surface area contributed by atoms with E-state index in [9.17, 15) is 24.5 Å². The first-order valence-corrected chi connectivity index (χ1v) is 12.3. The first-order valence-electron chi connectivity index (χ1n) is 12.3. The molecule has 38 heavy (non-hydrogen) atoms. The summed E-state index contributed by atoms with van der Waals surface area (Å²) < 4.78 is 20.1. The van der Waals surface area contributed by atoms with Crippen molar-refractivity contribution in [3.8, 4) is 11.8 Å². The number of carbonyl (C=O) groups excluding carboxylic acids is 1. The lowest BCUT2D eigenvalue weighted by molar-refractivity contribution is -0.0511. The number of imidazole rings is 1. The van der Waals surface area contributed by atoms with Crippen LogP contribution in [0.4, 0.5) is 20.7 Å². The summed E-state index contributed by atoms with van der Waals surface area (Å²) in [6, 6.07) is 5.42. The standard InChI is InChI=1S/C25H28FN7O5/c26-15-4-6-16(7-5-15)29-25(37)32-10-8-14(9-11-32)2-1-3-18-30-22(27)19-23(31-18)33(13-28-19)24-21(36)20(35)17(12-34)38-24/h4-7,13-14,17,20-21,24,34-36H,2,8-12H2,(H,29,37)(H2,27,30,31)/t17-,20?,21+,24-/m1/s1. The fourth-order valence-electron chi connectivity index (χ4n) is 4.64. The number of rotatable bonds is 4. The Labute approximate surface area is 217 Å². The molecular formula is C25H28FN7O5. The molecule has 2 fully saturated rings. The highest BCUT2D eigenvalue weighted by Crippen LogP contribution is 2.32. The number of fused-ring (bicyclic) bond motifs is 1. The summed E-state index contributed by atoms with van der Waals surface area (Å²) in [6.07, 6.45) is -0.966. The van der Waals surface area contributed by atoms with Gasteiger partial charge in [-0.25, -0.2) is 24.1 Å². The zero-order valence-corrected chi connectivity index (χ0v) is 20.4. The number of piperidine rings is 1. The number of nitrogen functional groups attached to an aromatic ring is 1. The highest BCUT2D eigenvalue weighted by atomic mass is 19.1. The molecule has 1 unspecified atom stereocenters. The number of hydrogen-bond acceptors (Lipinski definition) is 9. The number of amides is 2. The maximum absolute atomic E-state index is 13.1. The van der Waals surface area contributed by atoms with Gasteiger partial charge >= 0.3 is 6.03 Å². The molecule has 2 saturated heterocycles. The van der Waals surface area contributed by atoms with E-state index in [0.717, 1.165) is 12.8 Å². The molecule has 0 spiro atoms. The molecule has 2 aliphatic rings. The molecule has 6 N–H and O–H groups in total. The smallest absolute Gasteiger partial charge is 0.321 e. The average Bonchev–Trinajstić information content (AvgIpc) is 3.46. The van der Waals surface area contributed by atoms with Gasteiger partial charge in [0.2, 0.25) is 5.82 Å². The van der Waals surface area contributed by atoms with Gasteiger partial charge in [0.15, 0.2) is 17.7 Å². The number of aliphatic hydroxyl groups excluding tert-OH is 3. The van der Waals surface area contributed by atoms with E-state index in [2.05, 4.69) is 32.1 Å². The molecule has 13 heteroatoms.